The molecule has 150 valence electrons. The number of hydrogen-bond donors (Lipinski definition) is 4. The van der Waals surface area contributed by atoms with Crippen molar-refractivity contribution in [2.24, 2.45) is 0 Å². The molecule has 6 nitrogen and oxygen atoms in total. The summed E-state index contributed by atoms with van der Waals surface area (Å²) >= 11 is 0. The Morgan fingerprint density at radius 2 is 1.89 bits per heavy atom. The Morgan fingerprint density at radius 1 is 1.18 bits per heavy atom. The molecule has 2 atom stereocenters. The van der Waals surface area contributed by atoms with Crippen molar-refractivity contribution >= 4 is 17.6 Å². The predicted octanol–water partition coefficient (Wildman–Crippen LogP) is 3.52. The molecular weight excluding hydrogens is 361 g/mol. The van der Waals surface area contributed by atoms with Gasteiger partial charge in [-0.25, -0.2) is 9.18 Å². The van der Waals surface area contributed by atoms with Crippen molar-refractivity contribution < 1.29 is 19.1 Å². The fourth-order valence-corrected chi connectivity index (χ4v) is 2.57. The van der Waals surface area contributed by atoms with Crippen LogP contribution in [0.5, 0.6) is 0 Å². The van der Waals surface area contributed by atoms with Gasteiger partial charge in [0.15, 0.2) is 0 Å². The van der Waals surface area contributed by atoms with E-state index < -0.39 is 18.0 Å². The first kappa shape index (κ1) is 21.4. The largest absolute Gasteiger partial charge is 0.386 e. The molecule has 0 aliphatic heterocycles. The average Bonchev–Trinajstić information content (AvgIpc) is 2.67. The number of amides is 3. The van der Waals surface area contributed by atoms with E-state index in [1.54, 1.807) is 31.2 Å². The fourth-order valence-electron chi connectivity index (χ4n) is 2.57. The molecular formula is C21H26FN3O3. The minimum atomic E-state index is -1.15. The van der Waals surface area contributed by atoms with Crippen molar-refractivity contribution in [2.45, 2.75) is 39.3 Å². The molecule has 2 aromatic carbocycles. The maximum Gasteiger partial charge on any atom is 0.319 e. The van der Waals surface area contributed by atoms with Gasteiger partial charge in [0.2, 0.25) is 0 Å². The van der Waals surface area contributed by atoms with Crippen LogP contribution in [0.25, 0.3) is 0 Å². The first-order valence-corrected chi connectivity index (χ1v) is 9.20. The van der Waals surface area contributed by atoms with E-state index in [1.165, 1.54) is 18.2 Å². The molecule has 2 unspecified atom stereocenters. The summed E-state index contributed by atoms with van der Waals surface area (Å²) in [4.78, 5) is 24.3. The van der Waals surface area contributed by atoms with Crippen LogP contribution < -0.4 is 16.0 Å². The van der Waals surface area contributed by atoms with Crippen molar-refractivity contribution in [2.75, 3.05) is 11.9 Å². The van der Waals surface area contributed by atoms with E-state index in [4.69, 9.17) is 0 Å². The summed E-state index contributed by atoms with van der Waals surface area (Å²) in [5.41, 5.74) is 1.90. The Morgan fingerprint density at radius 3 is 2.54 bits per heavy atom. The summed E-state index contributed by atoms with van der Waals surface area (Å²) in [5, 5.41) is 18.1. The van der Waals surface area contributed by atoms with Crippen molar-refractivity contribution in [3.05, 3.63) is 65.0 Å². The van der Waals surface area contributed by atoms with Gasteiger partial charge in [-0.2, -0.15) is 0 Å². The molecule has 0 aliphatic carbocycles. The lowest BCUT2D eigenvalue weighted by Crippen LogP contribution is -2.33. The molecule has 0 aromatic heterocycles. The highest BCUT2D eigenvalue weighted by molar-refractivity contribution is 5.96. The normalized spacial score (nSPS) is 12.8. The lowest BCUT2D eigenvalue weighted by Gasteiger charge is -2.15. The van der Waals surface area contributed by atoms with Crippen LogP contribution in [0.3, 0.4) is 0 Å². The molecule has 28 heavy (non-hydrogen) atoms. The Kier molecular flexibility index (Phi) is 7.52. The molecule has 3 amide bonds. The average molecular weight is 387 g/mol. The number of rotatable bonds is 7. The summed E-state index contributed by atoms with van der Waals surface area (Å²) in [5.74, 6) is -0.694. The summed E-state index contributed by atoms with van der Waals surface area (Å²) in [6.45, 7) is 5.57. The van der Waals surface area contributed by atoms with Gasteiger partial charge >= 0.3 is 6.03 Å². The lowest BCUT2D eigenvalue weighted by molar-refractivity contribution is 0.0939. The van der Waals surface area contributed by atoms with Crippen LogP contribution >= 0.6 is 0 Å². The van der Waals surface area contributed by atoms with Crippen molar-refractivity contribution in [3.63, 3.8) is 0 Å². The zero-order valence-electron chi connectivity index (χ0n) is 16.3. The van der Waals surface area contributed by atoms with Crippen molar-refractivity contribution in [3.8, 4) is 0 Å². The molecule has 0 spiro atoms. The number of urea groups is 1. The SMILES string of the molecule is CCC(C)NC(=O)c1ccc(NC(=O)NCC(O)c2ccccc2F)c(C)c1. The molecule has 0 heterocycles. The number of anilines is 1. The van der Waals surface area contributed by atoms with Gasteiger partial charge in [-0.05, 0) is 50.1 Å². The number of aliphatic hydroxyl groups excluding tert-OH is 1. The van der Waals surface area contributed by atoms with Gasteiger partial charge in [-0.15, -0.1) is 0 Å². The minimum Gasteiger partial charge on any atom is -0.386 e. The van der Waals surface area contributed by atoms with E-state index in [-0.39, 0.29) is 24.1 Å². The van der Waals surface area contributed by atoms with Gasteiger partial charge in [-0.3, -0.25) is 4.79 Å². The van der Waals surface area contributed by atoms with Gasteiger partial charge in [0.25, 0.3) is 5.91 Å². The second-order valence-corrected chi connectivity index (χ2v) is 6.68. The maximum atomic E-state index is 13.6. The Hall–Kier alpha value is -2.93. The van der Waals surface area contributed by atoms with E-state index in [1.807, 2.05) is 13.8 Å². The van der Waals surface area contributed by atoms with Crippen LogP contribution in [0.15, 0.2) is 42.5 Å². The standard InChI is InChI=1S/C21H26FN3O3/c1-4-14(3)24-20(27)15-9-10-18(13(2)11-15)25-21(28)23-12-19(26)16-7-5-6-8-17(16)22/h5-11,14,19,26H,4,12H2,1-3H3,(H,24,27)(H2,23,25,28). The second kappa shape index (κ2) is 9.85. The molecule has 2 aromatic rings. The van der Waals surface area contributed by atoms with Crippen LogP contribution in [0, 0.1) is 12.7 Å². The third-order valence-corrected chi connectivity index (χ3v) is 4.45. The molecule has 0 saturated carbocycles. The monoisotopic (exact) mass is 387 g/mol. The number of nitrogens with one attached hydrogen (secondary N) is 3. The van der Waals surface area contributed by atoms with Gasteiger partial charge in [-0.1, -0.05) is 25.1 Å². The van der Waals surface area contributed by atoms with E-state index in [9.17, 15) is 19.1 Å². The van der Waals surface area contributed by atoms with Gasteiger partial charge in [0, 0.05) is 29.4 Å². The zero-order chi connectivity index (χ0) is 20.7. The maximum absolute atomic E-state index is 13.6. The van der Waals surface area contributed by atoms with Gasteiger partial charge in [0.1, 0.15) is 5.82 Å². The van der Waals surface area contributed by atoms with E-state index in [2.05, 4.69) is 16.0 Å². The molecule has 0 bridgehead atoms. The first-order chi connectivity index (χ1) is 13.3. The molecule has 0 fully saturated rings. The second-order valence-electron chi connectivity index (χ2n) is 6.68. The summed E-state index contributed by atoms with van der Waals surface area (Å²) in [6.07, 6.45) is -0.317. The van der Waals surface area contributed by atoms with Gasteiger partial charge in [0.05, 0.1) is 6.10 Å². The Labute approximate surface area is 164 Å². The third kappa shape index (κ3) is 5.79. The van der Waals surface area contributed by atoms with E-state index in [0.29, 0.717) is 11.3 Å². The summed E-state index contributed by atoms with van der Waals surface area (Å²) < 4.78 is 13.6. The Balaban J connectivity index is 1.93. The number of benzene rings is 2. The number of carbonyl (C=O) groups excluding carboxylic acids is 2. The molecule has 2 rings (SSSR count). The van der Waals surface area contributed by atoms with Crippen LogP contribution in [0.1, 0.15) is 47.9 Å². The number of hydrogen-bond acceptors (Lipinski definition) is 3. The van der Waals surface area contributed by atoms with E-state index >= 15 is 0 Å². The zero-order valence-corrected chi connectivity index (χ0v) is 16.3. The van der Waals surface area contributed by atoms with Crippen LogP contribution in [-0.4, -0.2) is 29.6 Å². The highest BCUT2D eigenvalue weighted by atomic mass is 19.1. The molecule has 7 heteroatoms. The van der Waals surface area contributed by atoms with Crippen LogP contribution in [0.4, 0.5) is 14.9 Å². The van der Waals surface area contributed by atoms with Crippen LogP contribution in [0.2, 0.25) is 0 Å². The predicted molar refractivity (Wildman–Crippen MR) is 107 cm³/mol. The molecule has 0 aliphatic rings. The molecule has 0 radical (unpaired) electrons. The summed E-state index contributed by atoms with van der Waals surface area (Å²) in [6, 6.07) is 10.4. The third-order valence-electron chi connectivity index (χ3n) is 4.45. The van der Waals surface area contributed by atoms with E-state index in [0.717, 1.165) is 12.0 Å². The number of carbonyl (C=O) groups is 2. The number of aryl methyl sites for hydroxylation is 1. The fraction of sp³-hybridized carbons (Fsp3) is 0.333. The van der Waals surface area contributed by atoms with Crippen LogP contribution in [-0.2, 0) is 0 Å². The van der Waals surface area contributed by atoms with Crippen molar-refractivity contribution in [1.82, 2.24) is 10.6 Å². The van der Waals surface area contributed by atoms with Gasteiger partial charge < -0.3 is 21.1 Å². The number of aliphatic hydroxyl groups is 1. The lowest BCUT2D eigenvalue weighted by atomic mass is 10.1. The highest BCUT2D eigenvalue weighted by Gasteiger charge is 2.14. The smallest absolute Gasteiger partial charge is 0.319 e. The minimum absolute atomic E-state index is 0.0808. The molecule has 4 N–H and O–H groups in total. The Bertz CT molecular complexity index is 841. The molecule has 0 saturated heterocycles. The highest BCUT2D eigenvalue weighted by Crippen LogP contribution is 2.18. The quantitative estimate of drug-likeness (QED) is 0.586. The summed E-state index contributed by atoms with van der Waals surface area (Å²) in [7, 11) is 0. The topological polar surface area (TPSA) is 90.5 Å². The number of halogens is 1. The first-order valence-electron chi connectivity index (χ1n) is 9.20. The van der Waals surface area contributed by atoms with Crippen molar-refractivity contribution in [1.29, 1.82) is 0 Å².